The Hall–Kier alpha value is -4.14. The SMILES string of the molecule is CCOC(=O)c1ccc(NC(=O)COc2ccccc2C2NC(=O)NC(C)=C2C(C)=O)cc1. The van der Waals surface area contributed by atoms with Crippen molar-refractivity contribution < 1.29 is 28.7 Å². The van der Waals surface area contributed by atoms with Crippen LogP contribution < -0.4 is 20.7 Å². The summed E-state index contributed by atoms with van der Waals surface area (Å²) in [4.78, 5) is 48.3. The first-order valence-electron chi connectivity index (χ1n) is 10.4. The van der Waals surface area contributed by atoms with E-state index in [1.54, 1.807) is 62.4 Å². The van der Waals surface area contributed by atoms with Gasteiger partial charge < -0.3 is 25.4 Å². The van der Waals surface area contributed by atoms with Crippen molar-refractivity contribution in [1.29, 1.82) is 0 Å². The smallest absolute Gasteiger partial charge is 0.338 e. The fourth-order valence-electron chi connectivity index (χ4n) is 3.49. The largest absolute Gasteiger partial charge is 0.483 e. The first-order valence-corrected chi connectivity index (χ1v) is 10.4. The molecule has 0 fully saturated rings. The van der Waals surface area contributed by atoms with Crippen molar-refractivity contribution in [2.24, 2.45) is 0 Å². The minimum absolute atomic E-state index is 0.191. The van der Waals surface area contributed by atoms with Crippen LogP contribution in [0.25, 0.3) is 0 Å². The van der Waals surface area contributed by atoms with Gasteiger partial charge in [0.1, 0.15) is 5.75 Å². The molecule has 0 radical (unpaired) electrons. The highest BCUT2D eigenvalue weighted by Crippen LogP contribution is 2.33. The quantitative estimate of drug-likeness (QED) is 0.530. The number of ether oxygens (including phenoxy) is 2. The van der Waals surface area contributed by atoms with E-state index in [1.165, 1.54) is 6.92 Å². The number of carbonyl (C=O) groups is 4. The van der Waals surface area contributed by atoms with Gasteiger partial charge in [0.2, 0.25) is 0 Å². The third kappa shape index (κ3) is 5.76. The Morgan fingerprint density at radius 3 is 2.42 bits per heavy atom. The molecule has 0 aliphatic carbocycles. The summed E-state index contributed by atoms with van der Waals surface area (Å²) in [7, 11) is 0. The Morgan fingerprint density at radius 2 is 1.76 bits per heavy atom. The predicted molar refractivity (Wildman–Crippen MR) is 121 cm³/mol. The molecule has 33 heavy (non-hydrogen) atoms. The molecule has 9 heteroatoms. The maximum Gasteiger partial charge on any atom is 0.338 e. The summed E-state index contributed by atoms with van der Waals surface area (Å²) in [6, 6.07) is 12.1. The highest BCUT2D eigenvalue weighted by molar-refractivity contribution is 5.98. The molecular weight excluding hydrogens is 426 g/mol. The fourth-order valence-corrected chi connectivity index (χ4v) is 3.49. The Kier molecular flexibility index (Phi) is 7.45. The van der Waals surface area contributed by atoms with E-state index in [1.807, 2.05) is 0 Å². The number of ketones is 1. The number of hydrogen-bond donors (Lipinski definition) is 3. The highest BCUT2D eigenvalue weighted by Gasteiger charge is 2.31. The predicted octanol–water partition coefficient (Wildman–Crippen LogP) is 3.10. The van der Waals surface area contributed by atoms with Crippen molar-refractivity contribution in [2.75, 3.05) is 18.5 Å². The van der Waals surface area contributed by atoms with Crippen LogP contribution in [-0.2, 0) is 14.3 Å². The Morgan fingerprint density at radius 1 is 1.06 bits per heavy atom. The number of amides is 3. The molecule has 3 N–H and O–H groups in total. The molecule has 1 aliphatic heterocycles. The van der Waals surface area contributed by atoms with Crippen LogP contribution >= 0.6 is 0 Å². The molecule has 172 valence electrons. The van der Waals surface area contributed by atoms with Gasteiger partial charge in [0.05, 0.1) is 18.2 Å². The summed E-state index contributed by atoms with van der Waals surface area (Å²) >= 11 is 0. The molecule has 3 amide bonds. The number of carbonyl (C=O) groups excluding carboxylic acids is 4. The van der Waals surface area contributed by atoms with Crippen LogP contribution in [0.15, 0.2) is 59.8 Å². The molecule has 1 heterocycles. The summed E-state index contributed by atoms with van der Waals surface area (Å²) in [5.74, 6) is -0.677. The number of rotatable bonds is 8. The number of hydrogen-bond acceptors (Lipinski definition) is 6. The van der Waals surface area contributed by atoms with Gasteiger partial charge in [0, 0.05) is 22.5 Å². The average molecular weight is 451 g/mol. The van der Waals surface area contributed by atoms with Crippen molar-refractivity contribution in [1.82, 2.24) is 10.6 Å². The van der Waals surface area contributed by atoms with Crippen LogP contribution in [0.2, 0.25) is 0 Å². The summed E-state index contributed by atoms with van der Waals surface area (Å²) in [6.07, 6.45) is 0. The number of allylic oxidation sites excluding steroid dienone is 1. The fraction of sp³-hybridized carbons (Fsp3) is 0.250. The van der Waals surface area contributed by atoms with Crippen molar-refractivity contribution in [2.45, 2.75) is 26.8 Å². The number of para-hydroxylation sites is 1. The monoisotopic (exact) mass is 451 g/mol. The highest BCUT2D eigenvalue weighted by atomic mass is 16.5. The Bertz CT molecular complexity index is 1110. The number of Topliss-reactive ketones (excluding diaryl/α,β-unsaturated/α-hetero) is 1. The van der Waals surface area contributed by atoms with Crippen LogP contribution in [0.4, 0.5) is 10.5 Å². The molecule has 0 aromatic heterocycles. The summed E-state index contributed by atoms with van der Waals surface area (Å²) in [5.41, 5.74) is 2.32. The molecule has 9 nitrogen and oxygen atoms in total. The lowest BCUT2D eigenvalue weighted by Gasteiger charge is -2.29. The molecule has 1 unspecified atom stereocenters. The van der Waals surface area contributed by atoms with Crippen molar-refractivity contribution in [3.05, 3.63) is 70.9 Å². The van der Waals surface area contributed by atoms with Crippen LogP contribution in [0, 0.1) is 0 Å². The van der Waals surface area contributed by atoms with Gasteiger partial charge in [-0.1, -0.05) is 18.2 Å². The molecule has 2 aromatic carbocycles. The zero-order chi connectivity index (χ0) is 24.0. The molecule has 3 rings (SSSR count). The van der Waals surface area contributed by atoms with Crippen molar-refractivity contribution in [3.8, 4) is 5.75 Å². The van der Waals surface area contributed by atoms with E-state index in [0.717, 1.165) is 0 Å². The minimum atomic E-state index is -0.703. The first-order chi connectivity index (χ1) is 15.8. The van der Waals surface area contributed by atoms with Gasteiger partial charge >= 0.3 is 12.0 Å². The first kappa shape index (κ1) is 23.5. The van der Waals surface area contributed by atoms with Gasteiger partial charge in [0.25, 0.3) is 5.91 Å². The molecule has 0 saturated heterocycles. The van der Waals surface area contributed by atoms with Crippen LogP contribution in [-0.4, -0.2) is 36.9 Å². The molecule has 0 bridgehead atoms. The summed E-state index contributed by atoms with van der Waals surface area (Å²) in [6.45, 7) is 4.79. The van der Waals surface area contributed by atoms with Crippen molar-refractivity contribution >= 4 is 29.4 Å². The minimum Gasteiger partial charge on any atom is -0.483 e. The average Bonchev–Trinajstić information content (AvgIpc) is 2.77. The van der Waals surface area contributed by atoms with E-state index in [2.05, 4.69) is 16.0 Å². The maximum absolute atomic E-state index is 12.4. The van der Waals surface area contributed by atoms with E-state index in [0.29, 0.717) is 33.8 Å². The van der Waals surface area contributed by atoms with Crippen LogP contribution in [0.1, 0.15) is 42.7 Å². The topological polar surface area (TPSA) is 123 Å². The van der Waals surface area contributed by atoms with Gasteiger partial charge in [-0.25, -0.2) is 9.59 Å². The number of esters is 1. The lowest BCUT2D eigenvalue weighted by Crippen LogP contribution is -2.44. The lowest BCUT2D eigenvalue weighted by molar-refractivity contribution is -0.118. The summed E-state index contributed by atoms with van der Waals surface area (Å²) < 4.78 is 10.7. The molecular formula is C24H25N3O6. The van der Waals surface area contributed by atoms with Crippen LogP contribution in [0.5, 0.6) is 5.75 Å². The van der Waals surface area contributed by atoms with E-state index >= 15 is 0 Å². The lowest BCUT2D eigenvalue weighted by atomic mass is 9.92. The normalized spacial score (nSPS) is 15.2. The molecule has 2 aromatic rings. The zero-order valence-electron chi connectivity index (χ0n) is 18.6. The molecule has 0 saturated carbocycles. The molecule has 1 aliphatic rings. The van der Waals surface area contributed by atoms with E-state index in [9.17, 15) is 19.2 Å². The Balaban J connectivity index is 1.70. The number of benzene rings is 2. The zero-order valence-corrected chi connectivity index (χ0v) is 18.6. The van der Waals surface area contributed by atoms with Crippen LogP contribution in [0.3, 0.4) is 0 Å². The second kappa shape index (κ2) is 10.4. The van der Waals surface area contributed by atoms with Crippen molar-refractivity contribution in [3.63, 3.8) is 0 Å². The summed E-state index contributed by atoms with van der Waals surface area (Å²) in [5, 5.41) is 8.03. The standard InChI is InChI=1S/C24H25N3O6/c1-4-32-23(30)16-9-11-17(12-10-16)26-20(29)13-33-19-8-6-5-7-18(19)22-21(15(3)28)14(2)25-24(31)27-22/h5-12,22H,4,13H2,1-3H3,(H,26,29)(H2,25,27,31). The van der Waals surface area contributed by atoms with Gasteiger partial charge in [-0.05, 0) is 51.1 Å². The van der Waals surface area contributed by atoms with E-state index in [-0.39, 0.29) is 19.0 Å². The second-order valence-corrected chi connectivity index (χ2v) is 7.30. The number of urea groups is 1. The third-order valence-electron chi connectivity index (χ3n) is 4.92. The second-order valence-electron chi connectivity index (χ2n) is 7.30. The van der Waals surface area contributed by atoms with E-state index < -0.39 is 23.9 Å². The van der Waals surface area contributed by atoms with Gasteiger partial charge in [-0.15, -0.1) is 0 Å². The van der Waals surface area contributed by atoms with Gasteiger partial charge in [-0.3, -0.25) is 9.59 Å². The third-order valence-corrected chi connectivity index (χ3v) is 4.92. The molecule has 1 atom stereocenters. The van der Waals surface area contributed by atoms with Gasteiger partial charge in [0.15, 0.2) is 12.4 Å². The van der Waals surface area contributed by atoms with Gasteiger partial charge in [-0.2, -0.15) is 0 Å². The van der Waals surface area contributed by atoms with E-state index in [4.69, 9.17) is 9.47 Å². The molecule has 0 spiro atoms. The Labute approximate surface area is 191 Å². The number of anilines is 1. The number of nitrogens with one attached hydrogen (secondary N) is 3. The maximum atomic E-state index is 12.4.